The number of hydrogen-bond acceptors (Lipinski definition) is 7. The third-order valence-electron chi connectivity index (χ3n) is 8.37. The van der Waals surface area contributed by atoms with Gasteiger partial charge >= 0.3 is 0 Å². The Kier molecular flexibility index (Phi) is 4.18. The van der Waals surface area contributed by atoms with Gasteiger partial charge in [0.15, 0.2) is 17.3 Å². The molecule has 1 N–H and O–H groups in total. The smallest absolute Gasteiger partial charge is 0.183 e. The molecule has 1 aliphatic carbocycles. The largest absolute Gasteiger partial charge is 0.369 e. The zero-order chi connectivity index (χ0) is 22.9. The number of aromatic nitrogens is 7. The molecule has 3 unspecified atom stereocenters. The topological polar surface area (TPSA) is 97.1 Å². The van der Waals surface area contributed by atoms with Crippen LogP contribution in [-0.2, 0) is 22.2 Å². The zero-order valence-electron chi connectivity index (χ0n) is 19.5. The lowest BCUT2D eigenvalue weighted by Gasteiger charge is -2.42. The molecule has 4 fully saturated rings. The molecular weight excluding hydrogens is 428 g/mol. The van der Waals surface area contributed by atoms with Gasteiger partial charge in [0.1, 0.15) is 5.60 Å². The van der Waals surface area contributed by atoms with Crippen molar-refractivity contribution in [2.24, 2.45) is 11.8 Å². The molecule has 4 aliphatic rings. The van der Waals surface area contributed by atoms with Crippen LogP contribution < -0.4 is 4.90 Å². The SMILES string of the molecule is Cc1cc(N2CC[C@](C)(c3ccccc3)C2)cn2nc(C34CC(CO3)C4Cc3nn[nH]n3)nc12. The Hall–Kier alpha value is -3.33. The first-order valence-corrected chi connectivity index (χ1v) is 12.1. The van der Waals surface area contributed by atoms with Crippen LogP contribution in [0.4, 0.5) is 5.69 Å². The van der Waals surface area contributed by atoms with Crippen molar-refractivity contribution in [1.82, 2.24) is 35.2 Å². The average Bonchev–Trinajstić information content (AvgIpc) is 3.66. The summed E-state index contributed by atoms with van der Waals surface area (Å²) >= 11 is 0. The molecule has 3 aliphatic heterocycles. The Bertz CT molecular complexity index is 1350. The Morgan fingerprint density at radius 3 is 2.91 bits per heavy atom. The first kappa shape index (κ1) is 20.1. The van der Waals surface area contributed by atoms with Crippen molar-refractivity contribution in [3.05, 3.63) is 65.4 Å². The molecule has 0 amide bonds. The lowest BCUT2D eigenvalue weighted by molar-refractivity contribution is -0.0652. The van der Waals surface area contributed by atoms with Crippen LogP contribution >= 0.6 is 0 Å². The van der Waals surface area contributed by atoms with E-state index in [0.717, 1.165) is 61.8 Å². The number of nitrogens with zero attached hydrogens (tertiary/aromatic N) is 7. The number of anilines is 1. The molecule has 8 rings (SSSR count). The minimum Gasteiger partial charge on any atom is -0.369 e. The van der Waals surface area contributed by atoms with Gasteiger partial charge in [-0.05, 0) is 42.9 Å². The molecule has 1 aromatic carbocycles. The van der Waals surface area contributed by atoms with Crippen molar-refractivity contribution in [3.63, 3.8) is 0 Å². The van der Waals surface area contributed by atoms with E-state index in [-0.39, 0.29) is 11.3 Å². The Balaban J connectivity index is 1.19. The monoisotopic (exact) mass is 456 g/mol. The second-order valence-electron chi connectivity index (χ2n) is 10.5. The predicted octanol–water partition coefficient (Wildman–Crippen LogP) is 2.82. The lowest BCUT2D eigenvalue weighted by Crippen LogP contribution is -2.47. The molecule has 174 valence electrons. The van der Waals surface area contributed by atoms with Crippen LogP contribution in [0.2, 0.25) is 0 Å². The standard InChI is InChI=1S/C25H28N8O/c1-16-10-19(32-9-8-24(2,15-32)18-6-4-3-5-7-18)13-33-22(16)26-23(29-33)25-12-17(14-34-25)20(25)11-21-27-30-31-28-21/h3-7,10,13,17,20H,8-9,11-12,14-15H2,1-2H3,(H,27,28,30,31)/t17?,20?,24-,25?/m0/s1. The van der Waals surface area contributed by atoms with Crippen LogP contribution in [-0.4, -0.2) is 54.9 Å². The Morgan fingerprint density at radius 2 is 2.12 bits per heavy atom. The summed E-state index contributed by atoms with van der Waals surface area (Å²) in [7, 11) is 0. The van der Waals surface area contributed by atoms with Gasteiger partial charge in [0, 0.05) is 30.8 Å². The van der Waals surface area contributed by atoms with Crippen LogP contribution in [0.1, 0.15) is 42.5 Å². The number of aromatic amines is 1. The first-order chi connectivity index (χ1) is 16.5. The van der Waals surface area contributed by atoms with E-state index in [4.69, 9.17) is 14.8 Å². The van der Waals surface area contributed by atoms with Gasteiger partial charge in [-0.25, -0.2) is 9.50 Å². The summed E-state index contributed by atoms with van der Waals surface area (Å²) in [5, 5.41) is 19.5. The Labute approximate surface area is 197 Å². The molecule has 3 saturated heterocycles. The number of ether oxygens (including phenoxy) is 1. The van der Waals surface area contributed by atoms with Gasteiger partial charge < -0.3 is 9.64 Å². The van der Waals surface area contributed by atoms with Crippen LogP contribution in [0.15, 0.2) is 42.6 Å². The molecule has 4 aromatic rings. The molecule has 0 radical (unpaired) electrons. The molecular formula is C25H28N8O. The van der Waals surface area contributed by atoms with E-state index in [1.807, 2.05) is 4.52 Å². The van der Waals surface area contributed by atoms with Crippen molar-refractivity contribution in [1.29, 1.82) is 0 Å². The van der Waals surface area contributed by atoms with E-state index in [1.54, 1.807) is 0 Å². The van der Waals surface area contributed by atoms with Crippen molar-refractivity contribution >= 4 is 11.3 Å². The molecule has 9 nitrogen and oxygen atoms in total. The molecule has 4 atom stereocenters. The number of hydrogen-bond donors (Lipinski definition) is 1. The van der Waals surface area contributed by atoms with Crippen LogP contribution in [0.25, 0.3) is 5.65 Å². The zero-order valence-corrected chi connectivity index (χ0v) is 19.5. The van der Waals surface area contributed by atoms with Crippen molar-refractivity contribution < 1.29 is 4.74 Å². The summed E-state index contributed by atoms with van der Waals surface area (Å²) in [6, 6.07) is 13.1. The average molecular weight is 457 g/mol. The highest BCUT2D eigenvalue weighted by Gasteiger charge is 2.64. The van der Waals surface area contributed by atoms with Gasteiger partial charge in [0.05, 0.1) is 18.5 Å². The summed E-state index contributed by atoms with van der Waals surface area (Å²) in [5.41, 5.74) is 4.34. The second kappa shape index (κ2) is 7.09. The van der Waals surface area contributed by atoms with Gasteiger partial charge in [0.25, 0.3) is 0 Å². The maximum atomic E-state index is 6.30. The van der Waals surface area contributed by atoms with E-state index >= 15 is 0 Å². The molecule has 3 aromatic heterocycles. The summed E-state index contributed by atoms with van der Waals surface area (Å²) in [6.45, 7) is 7.25. The van der Waals surface area contributed by atoms with E-state index in [1.165, 1.54) is 11.3 Å². The van der Waals surface area contributed by atoms with Crippen LogP contribution in [0.5, 0.6) is 0 Å². The number of rotatable bonds is 5. The molecule has 0 spiro atoms. The highest BCUT2D eigenvalue weighted by atomic mass is 16.5. The second-order valence-corrected chi connectivity index (χ2v) is 10.5. The molecule has 9 heteroatoms. The first-order valence-electron chi connectivity index (χ1n) is 12.1. The van der Waals surface area contributed by atoms with Crippen molar-refractivity contribution in [3.8, 4) is 0 Å². The summed E-state index contributed by atoms with van der Waals surface area (Å²) < 4.78 is 8.25. The number of benzene rings is 1. The van der Waals surface area contributed by atoms with Gasteiger partial charge in [-0.1, -0.05) is 42.5 Å². The Morgan fingerprint density at radius 1 is 1.24 bits per heavy atom. The number of nitrogens with one attached hydrogen (secondary N) is 1. The van der Waals surface area contributed by atoms with E-state index < -0.39 is 5.60 Å². The van der Waals surface area contributed by atoms with E-state index in [0.29, 0.717) is 5.92 Å². The highest BCUT2D eigenvalue weighted by Crippen LogP contribution is 2.59. The maximum absolute atomic E-state index is 6.30. The summed E-state index contributed by atoms with van der Waals surface area (Å²) in [4.78, 5) is 7.45. The summed E-state index contributed by atoms with van der Waals surface area (Å²) in [6.07, 6.45) is 4.95. The minimum absolute atomic E-state index is 0.150. The van der Waals surface area contributed by atoms with Gasteiger partial charge in [0.2, 0.25) is 0 Å². The van der Waals surface area contributed by atoms with Crippen molar-refractivity contribution in [2.75, 3.05) is 24.6 Å². The lowest BCUT2D eigenvalue weighted by atomic mass is 9.62. The van der Waals surface area contributed by atoms with Crippen molar-refractivity contribution in [2.45, 2.75) is 44.1 Å². The third-order valence-corrected chi connectivity index (χ3v) is 8.37. The molecule has 6 heterocycles. The molecule has 2 bridgehead atoms. The number of aryl methyl sites for hydroxylation is 1. The van der Waals surface area contributed by atoms with E-state index in [9.17, 15) is 0 Å². The number of H-pyrrole nitrogens is 1. The fraction of sp³-hybridized carbons (Fsp3) is 0.480. The number of pyridine rings is 1. The van der Waals surface area contributed by atoms with Gasteiger partial charge in [-0.15, -0.1) is 15.3 Å². The highest BCUT2D eigenvalue weighted by molar-refractivity contribution is 5.58. The van der Waals surface area contributed by atoms with Crippen LogP contribution in [0.3, 0.4) is 0 Å². The van der Waals surface area contributed by atoms with Gasteiger partial charge in [-0.2, -0.15) is 5.21 Å². The minimum atomic E-state index is -0.441. The normalized spacial score (nSPS) is 30.2. The van der Waals surface area contributed by atoms with Crippen LogP contribution in [0, 0.1) is 18.8 Å². The maximum Gasteiger partial charge on any atom is 0.183 e. The third kappa shape index (κ3) is 2.86. The fourth-order valence-electron chi connectivity index (χ4n) is 6.36. The fourth-order valence-corrected chi connectivity index (χ4v) is 6.36. The summed E-state index contributed by atoms with van der Waals surface area (Å²) in [5.74, 6) is 2.29. The number of fused-ring (bicyclic) bond motifs is 2. The number of tetrazole rings is 1. The predicted molar refractivity (Wildman–Crippen MR) is 125 cm³/mol. The quantitative estimate of drug-likeness (QED) is 0.493. The van der Waals surface area contributed by atoms with E-state index in [2.05, 4.69) is 82.0 Å². The molecule has 1 saturated carbocycles. The van der Waals surface area contributed by atoms with Gasteiger partial charge in [-0.3, -0.25) is 0 Å². The molecule has 34 heavy (non-hydrogen) atoms.